The van der Waals surface area contributed by atoms with Gasteiger partial charge in [0.1, 0.15) is 17.2 Å². The summed E-state index contributed by atoms with van der Waals surface area (Å²) in [5.41, 5.74) is 4.51. The third kappa shape index (κ3) is 3.14. The van der Waals surface area contributed by atoms with E-state index in [1.54, 1.807) is 23.5 Å². The Labute approximate surface area is 157 Å². The summed E-state index contributed by atoms with van der Waals surface area (Å²) < 4.78 is 7.45. The number of benzene rings is 1. The highest BCUT2D eigenvalue weighted by Gasteiger charge is 2.16. The lowest BCUT2D eigenvalue weighted by atomic mass is 10.2. The first kappa shape index (κ1) is 16.6. The second-order valence-electron chi connectivity index (χ2n) is 5.51. The number of fused-ring (bicyclic) bond motifs is 1. The molecular weight excluding hydrogens is 372 g/mol. The highest BCUT2D eigenvalue weighted by Crippen LogP contribution is 2.24. The predicted molar refractivity (Wildman–Crippen MR) is 102 cm³/mol. The van der Waals surface area contributed by atoms with Gasteiger partial charge in [-0.25, -0.2) is 10.4 Å². The first-order chi connectivity index (χ1) is 12.6. The highest BCUT2D eigenvalue weighted by atomic mass is 35.5. The van der Waals surface area contributed by atoms with E-state index in [9.17, 15) is 4.79 Å². The lowest BCUT2D eigenvalue weighted by molar-refractivity contribution is 0.0948. The Morgan fingerprint density at radius 2 is 2.27 bits per heavy atom. The fourth-order valence-electron chi connectivity index (χ4n) is 2.59. The van der Waals surface area contributed by atoms with Crippen LogP contribution in [-0.4, -0.2) is 21.5 Å². The zero-order valence-corrected chi connectivity index (χ0v) is 15.2. The molecule has 3 aromatic heterocycles. The average molecular weight is 385 g/mol. The minimum absolute atomic E-state index is 0.328. The maximum absolute atomic E-state index is 12.4. The zero-order chi connectivity index (χ0) is 18.1. The van der Waals surface area contributed by atoms with Crippen molar-refractivity contribution in [3.05, 3.63) is 70.1 Å². The summed E-state index contributed by atoms with van der Waals surface area (Å²) in [5, 5.41) is 6.49. The van der Waals surface area contributed by atoms with Crippen LogP contribution in [0.2, 0.25) is 5.02 Å². The molecule has 0 spiro atoms. The van der Waals surface area contributed by atoms with Gasteiger partial charge in [-0.15, -0.1) is 11.3 Å². The summed E-state index contributed by atoms with van der Waals surface area (Å²) in [4.78, 5) is 17.5. The molecule has 0 aliphatic carbocycles. The largest absolute Gasteiger partial charge is 0.455 e. The lowest BCUT2D eigenvalue weighted by Crippen LogP contribution is -2.20. The van der Waals surface area contributed by atoms with Crippen molar-refractivity contribution < 1.29 is 9.21 Å². The van der Waals surface area contributed by atoms with Crippen molar-refractivity contribution in [2.45, 2.75) is 6.92 Å². The number of imidazole rings is 1. The minimum atomic E-state index is -0.328. The predicted octanol–water partition coefficient (Wildman–Crippen LogP) is 4.38. The fraction of sp³-hybridized carbons (Fsp3) is 0.0556. The molecular formula is C18H13ClN4O2S. The first-order valence-corrected chi connectivity index (χ1v) is 8.99. The van der Waals surface area contributed by atoms with E-state index in [2.05, 4.69) is 15.5 Å². The number of rotatable bonds is 4. The molecule has 0 saturated carbocycles. The van der Waals surface area contributed by atoms with Crippen LogP contribution in [0.3, 0.4) is 0 Å². The normalized spacial score (nSPS) is 11.5. The number of nitrogens with one attached hydrogen (secondary N) is 1. The van der Waals surface area contributed by atoms with Crippen molar-refractivity contribution in [2.24, 2.45) is 5.10 Å². The topological polar surface area (TPSA) is 71.9 Å². The van der Waals surface area contributed by atoms with Gasteiger partial charge < -0.3 is 4.42 Å². The molecule has 8 heteroatoms. The summed E-state index contributed by atoms with van der Waals surface area (Å²) in [6, 6.07) is 11.0. The molecule has 130 valence electrons. The van der Waals surface area contributed by atoms with Gasteiger partial charge in [0, 0.05) is 22.2 Å². The van der Waals surface area contributed by atoms with E-state index in [-0.39, 0.29) is 5.91 Å². The molecule has 4 rings (SSSR count). The van der Waals surface area contributed by atoms with Gasteiger partial charge in [0.25, 0.3) is 5.91 Å². The van der Waals surface area contributed by atoms with Crippen LogP contribution in [0.5, 0.6) is 0 Å². The molecule has 6 nitrogen and oxygen atoms in total. The molecule has 0 saturated heterocycles. The Morgan fingerprint density at radius 1 is 1.38 bits per heavy atom. The number of thiazole rings is 1. The van der Waals surface area contributed by atoms with Gasteiger partial charge in [-0.05, 0) is 31.2 Å². The summed E-state index contributed by atoms with van der Waals surface area (Å²) >= 11 is 7.46. The van der Waals surface area contributed by atoms with Crippen molar-refractivity contribution in [3.63, 3.8) is 0 Å². The molecule has 0 bridgehead atoms. The summed E-state index contributed by atoms with van der Waals surface area (Å²) in [6.07, 6.45) is 3.26. The summed E-state index contributed by atoms with van der Waals surface area (Å²) in [5.74, 6) is 0.865. The molecule has 0 atom stereocenters. The van der Waals surface area contributed by atoms with Gasteiger partial charge in [-0.3, -0.25) is 9.20 Å². The molecule has 1 amide bonds. The number of hydrazone groups is 1. The van der Waals surface area contributed by atoms with Crippen molar-refractivity contribution in [1.82, 2.24) is 14.8 Å². The third-order valence-electron chi connectivity index (χ3n) is 3.75. The standard InChI is InChI=1S/C18H13ClN4O2S/c1-11-16(23-7-8-26-18(23)21-11)17(24)22-20-10-14-5-6-15(25-14)12-3-2-4-13(19)9-12/h2-10H,1H3,(H,22,24)/b20-10+. The Kier molecular flexibility index (Phi) is 4.32. The maximum Gasteiger partial charge on any atom is 0.290 e. The Bertz CT molecular complexity index is 1130. The molecule has 0 fully saturated rings. The maximum atomic E-state index is 12.4. The summed E-state index contributed by atoms with van der Waals surface area (Å²) in [6.45, 7) is 1.79. The second kappa shape index (κ2) is 6.78. The van der Waals surface area contributed by atoms with Crippen LogP contribution in [0.1, 0.15) is 21.9 Å². The second-order valence-corrected chi connectivity index (χ2v) is 6.82. The SMILES string of the molecule is Cc1nc2sccn2c1C(=O)N/N=C/c1ccc(-c2cccc(Cl)c2)o1. The first-order valence-electron chi connectivity index (χ1n) is 7.73. The van der Waals surface area contributed by atoms with Crippen LogP contribution < -0.4 is 5.43 Å². The van der Waals surface area contributed by atoms with Crippen LogP contribution >= 0.6 is 22.9 Å². The number of aryl methyl sites for hydroxylation is 1. The van der Waals surface area contributed by atoms with E-state index in [1.807, 2.05) is 35.8 Å². The monoisotopic (exact) mass is 384 g/mol. The van der Waals surface area contributed by atoms with Crippen molar-refractivity contribution in [2.75, 3.05) is 0 Å². The van der Waals surface area contributed by atoms with Gasteiger partial charge >= 0.3 is 0 Å². The Balaban J connectivity index is 1.48. The Morgan fingerprint density at radius 3 is 3.12 bits per heavy atom. The molecule has 0 aliphatic heterocycles. The van der Waals surface area contributed by atoms with E-state index in [0.717, 1.165) is 10.5 Å². The quantitative estimate of drug-likeness (QED) is 0.419. The smallest absolute Gasteiger partial charge is 0.290 e. The van der Waals surface area contributed by atoms with E-state index >= 15 is 0 Å². The van der Waals surface area contributed by atoms with E-state index in [0.29, 0.717) is 27.9 Å². The number of nitrogens with zero attached hydrogens (tertiary/aromatic N) is 3. The fourth-order valence-corrected chi connectivity index (χ4v) is 3.54. The van der Waals surface area contributed by atoms with Crippen LogP contribution in [0.25, 0.3) is 16.3 Å². The van der Waals surface area contributed by atoms with Crippen molar-refractivity contribution in [1.29, 1.82) is 0 Å². The highest BCUT2D eigenvalue weighted by molar-refractivity contribution is 7.15. The number of carbonyl (C=O) groups is 1. The van der Waals surface area contributed by atoms with Gasteiger partial charge in [-0.2, -0.15) is 5.10 Å². The van der Waals surface area contributed by atoms with Crippen molar-refractivity contribution in [3.8, 4) is 11.3 Å². The number of amides is 1. The molecule has 3 heterocycles. The van der Waals surface area contributed by atoms with E-state index < -0.39 is 0 Å². The number of hydrogen-bond acceptors (Lipinski definition) is 5. The van der Waals surface area contributed by atoms with Crippen LogP contribution in [0.4, 0.5) is 0 Å². The summed E-state index contributed by atoms with van der Waals surface area (Å²) in [7, 11) is 0. The Hall–Kier alpha value is -2.90. The number of carbonyl (C=O) groups excluding carboxylic acids is 1. The number of aromatic nitrogens is 2. The van der Waals surface area contributed by atoms with Crippen LogP contribution in [0.15, 0.2) is 57.5 Å². The molecule has 0 aliphatic rings. The molecule has 0 unspecified atom stereocenters. The lowest BCUT2D eigenvalue weighted by Gasteiger charge is -1.99. The molecule has 1 aromatic carbocycles. The zero-order valence-electron chi connectivity index (χ0n) is 13.6. The van der Waals surface area contributed by atoms with Gasteiger partial charge in [0.2, 0.25) is 0 Å². The average Bonchev–Trinajstić information content (AvgIpc) is 3.30. The van der Waals surface area contributed by atoms with Gasteiger partial charge in [0.15, 0.2) is 4.96 Å². The van der Waals surface area contributed by atoms with Crippen LogP contribution in [-0.2, 0) is 0 Å². The number of hydrogen-bond donors (Lipinski definition) is 1. The molecule has 1 N–H and O–H groups in total. The number of halogens is 1. The molecule has 26 heavy (non-hydrogen) atoms. The molecule has 0 radical (unpaired) electrons. The van der Waals surface area contributed by atoms with Crippen molar-refractivity contribution >= 4 is 40.0 Å². The minimum Gasteiger partial charge on any atom is -0.455 e. The van der Waals surface area contributed by atoms with Gasteiger partial charge in [-0.1, -0.05) is 23.7 Å². The number of furan rings is 1. The van der Waals surface area contributed by atoms with Gasteiger partial charge in [0.05, 0.1) is 11.9 Å². The molecule has 4 aromatic rings. The van der Waals surface area contributed by atoms with E-state index in [4.69, 9.17) is 16.0 Å². The van der Waals surface area contributed by atoms with E-state index in [1.165, 1.54) is 17.6 Å². The van der Waals surface area contributed by atoms with Crippen LogP contribution in [0, 0.1) is 6.92 Å². The third-order valence-corrected chi connectivity index (χ3v) is 4.74.